The lowest BCUT2D eigenvalue weighted by atomic mass is 9.75. The Morgan fingerprint density at radius 3 is 1.39 bits per heavy atom. The van der Waals surface area contributed by atoms with Crippen LogP contribution in [-0.4, -0.2) is 0 Å². The maximum atomic E-state index is 2.49. The van der Waals surface area contributed by atoms with Gasteiger partial charge in [-0.25, -0.2) is 0 Å². The van der Waals surface area contributed by atoms with Crippen LogP contribution in [0.1, 0.15) is 86.1 Å². The molecule has 1 nitrogen and oxygen atoms in total. The van der Waals surface area contributed by atoms with Crippen molar-refractivity contribution in [3.05, 3.63) is 208 Å². The molecule has 0 atom stereocenters. The fourth-order valence-corrected chi connectivity index (χ4v) is 10.1. The van der Waals surface area contributed by atoms with Gasteiger partial charge >= 0.3 is 0 Å². The molecule has 0 aliphatic heterocycles. The highest BCUT2D eigenvalue weighted by atomic mass is 15.1. The Labute approximate surface area is 332 Å². The summed E-state index contributed by atoms with van der Waals surface area (Å²) in [4.78, 5) is 2.30. The molecule has 0 saturated carbocycles. The van der Waals surface area contributed by atoms with Crippen LogP contribution in [-0.2, 0) is 16.2 Å². The average Bonchev–Trinajstić information content (AvgIpc) is 3.72. The molecule has 7 aromatic rings. The fraction of sp³-hybridized carbons (Fsp3) is 0.164. The molecule has 10 rings (SSSR count). The third kappa shape index (κ3) is 5.14. The Bertz CT molecular complexity index is 2700. The van der Waals surface area contributed by atoms with Gasteiger partial charge in [0.2, 0.25) is 0 Å². The van der Waals surface area contributed by atoms with Crippen molar-refractivity contribution in [1.29, 1.82) is 0 Å². The standard InChI is InChI=1S/C55H47N/c1-53(2)48-33-37(22-21-36-23-28-42(29-24-36)56(40-15-9-7-10-16-40)41-17-11-8-12-18-41)25-30-43(48)44-31-26-38(34-49(44)53)39-27-32-46-50(35-39)55(5,6)51-45-19-13-14-20-47(45)54(3,4)52(46)51/h7-35H,1-6H3. The van der Waals surface area contributed by atoms with E-state index in [1.807, 2.05) is 0 Å². The Kier molecular flexibility index (Phi) is 7.61. The second-order valence-electron chi connectivity index (χ2n) is 17.4. The maximum Gasteiger partial charge on any atom is 0.0462 e. The number of hydrogen-bond donors (Lipinski definition) is 0. The Morgan fingerprint density at radius 1 is 0.339 bits per heavy atom. The number of hydrogen-bond acceptors (Lipinski definition) is 1. The first kappa shape index (κ1) is 34.3. The van der Waals surface area contributed by atoms with Gasteiger partial charge in [-0.1, -0.05) is 169 Å². The van der Waals surface area contributed by atoms with E-state index in [9.17, 15) is 0 Å². The monoisotopic (exact) mass is 721 g/mol. The molecular formula is C55H47N. The summed E-state index contributed by atoms with van der Waals surface area (Å²) in [6, 6.07) is 60.4. The predicted molar refractivity (Wildman–Crippen MR) is 239 cm³/mol. The van der Waals surface area contributed by atoms with Crippen LogP contribution in [0, 0.1) is 0 Å². The van der Waals surface area contributed by atoms with Crippen molar-refractivity contribution in [2.24, 2.45) is 0 Å². The zero-order valence-electron chi connectivity index (χ0n) is 33.2. The average molecular weight is 722 g/mol. The summed E-state index contributed by atoms with van der Waals surface area (Å²) >= 11 is 0. The van der Waals surface area contributed by atoms with Gasteiger partial charge in [0.1, 0.15) is 0 Å². The van der Waals surface area contributed by atoms with Crippen molar-refractivity contribution < 1.29 is 0 Å². The molecular weight excluding hydrogens is 675 g/mol. The van der Waals surface area contributed by atoms with Crippen molar-refractivity contribution in [3.8, 4) is 22.3 Å². The topological polar surface area (TPSA) is 3.24 Å². The molecule has 0 heterocycles. The molecule has 0 aromatic heterocycles. The van der Waals surface area contributed by atoms with Crippen LogP contribution in [0.15, 0.2) is 164 Å². The van der Waals surface area contributed by atoms with E-state index in [0.717, 1.165) is 17.1 Å². The minimum Gasteiger partial charge on any atom is -0.311 e. The molecule has 56 heavy (non-hydrogen) atoms. The van der Waals surface area contributed by atoms with Gasteiger partial charge in [-0.05, 0) is 126 Å². The molecule has 3 aliphatic rings. The Morgan fingerprint density at radius 2 is 0.768 bits per heavy atom. The molecule has 0 amide bonds. The first-order valence-electron chi connectivity index (χ1n) is 20.0. The zero-order valence-corrected chi connectivity index (χ0v) is 33.2. The molecule has 0 bridgehead atoms. The van der Waals surface area contributed by atoms with Gasteiger partial charge < -0.3 is 4.90 Å². The van der Waals surface area contributed by atoms with Gasteiger partial charge in [-0.2, -0.15) is 0 Å². The smallest absolute Gasteiger partial charge is 0.0462 e. The lowest BCUT2D eigenvalue weighted by Crippen LogP contribution is -2.19. The lowest BCUT2D eigenvalue weighted by Gasteiger charge is -2.28. The van der Waals surface area contributed by atoms with Crippen molar-refractivity contribution in [1.82, 2.24) is 0 Å². The molecule has 272 valence electrons. The summed E-state index contributed by atoms with van der Waals surface area (Å²) in [7, 11) is 0. The third-order valence-corrected chi connectivity index (χ3v) is 13.0. The Hall–Kier alpha value is -6.18. The van der Waals surface area contributed by atoms with Gasteiger partial charge in [-0.3, -0.25) is 0 Å². The lowest BCUT2D eigenvalue weighted by molar-refractivity contribution is 0.660. The number of allylic oxidation sites excluding steroid dienone is 2. The summed E-state index contributed by atoms with van der Waals surface area (Å²) in [6.07, 6.45) is 4.48. The maximum absolute atomic E-state index is 2.49. The molecule has 1 heteroatoms. The van der Waals surface area contributed by atoms with Crippen LogP contribution in [0.5, 0.6) is 0 Å². The zero-order chi connectivity index (χ0) is 38.4. The number of rotatable bonds is 6. The quantitative estimate of drug-likeness (QED) is 0.155. The molecule has 7 aromatic carbocycles. The summed E-state index contributed by atoms with van der Waals surface area (Å²) in [5.41, 5.74) is 22.5. The van der Waals surface area contributed by atoms with E-state index in [2.05, 4.69) is 222 Å². The fourth-order valence-electron chi connectivity index (χ4n) is 10.1. The summed E-state index contributed by atoms with van der Waals surface area (Å²) in [5, 5.41) is 0. The normalized spacial score (nSPS) is 16.3. The van der Waals surface area contributed by atoms with Crippen molar-refractivity contribution in [2.45, 2.75) is 57.8 Å². The van der Waals surface area contributed by atoms with E-state index in [4.69, 9.17) is 0 Å². The molecule has 0 spiro atoms. The van der Waals surface area contributed by atoms with Gasteiger partial charge in [-0.15, -0.1) is 0 Å². The number of fused-ring (bicyclic) bond motifs is 7. The highest BCUT2D eigenvalue weighted by Gasteiger charge is 2.49. The predicted octanol–water partition coefficient (Wildman–Crippen LogP) is 14.8. The molecule has 0 saturated heterocycles. The van der Waals surface area contributed by atoms with E-state index in [-0.39, 0.29) is 16.2 Å². The minimum atomic E-state index is -0.114. The molecule has 0 radical (unpaired) electrons. The molecule has 0 N–H and O–H groups in total. The molecule has 0 unspecified atom stereocenters. The molecule has 3 aliphatic carbocycles. The van der Waals surface area contributed by atoms with Crippen LogP contribution < -0.4 is 4.90 Å². The number of nitrogens with zero attached hydrogens (tertiary/aromatic N) is 1. The van der Waals surface area contributed by atoms with Crippen LogP contribution >= 0.6 is 0 Å². The first-order valence-corrected chi connectivity index (χ1v) is 20.0. The van der Waals surface area contributed by atoms with Gasteiger partial charge in [0.25, 0.3) is 0 Å². The summed E-state index contributed by atoms with van der Waals surface area (Å²) in [6.45, 7) is 14.4. The van der Waals surface area contributed by atoms with Gasteiger partial charge in [0.05, 0.1) is 0 Å². The van der Waals surface area contributed by atoms with Crippen LogP contribution in [0.25, 0.3) is 45.6 Å². The summed E-state index contributed by atoms with van der Waals surface area (Å²) in [5.74, 6) is 0. The van der Waals surface area contributed by atoms with Crippen LogP contribution in [0.3, 0.4) is 0 Å². The van der Waals surface area contributed by atoms with E-state index in [0.29, 0.717) is 0 Å². The largest absolute Gasteiger partial charge is 0.311 e. The van der Waals surface area contributed by atoms with Crippen molar-refractivity contribution >= 4 is 40.4 Å². The second kappa shape index (κ2) is 12.4. The van der Waals surface area contributed by atoms with E-state index in [1.54, 1.807) is 0 Å². The minimum absolute atomic E-state index is 0.00891. The van der Waals surface area contributed by atoms with Gasteiger partial charge in [0.15, 0.2) is 0 Å². The van der Waals surface area contributed by atoms with E-state index >= 15 is 0 Å². The summed E-state index contributed by atoms with van der Waals surface area (Å²) < 4.78 is 0. The third-order valence-electron chi connectivity index (χ3n) is 13.0. The second-order valence-corrected chi connectivity index (χ2v) is 17.4. The highest BCUT2D eigenvalue weighted by Crippen LogP contribution is 2.62. The molecule has 0 fully saturated rings. The van der Waals surface area contributed by atoms with Crippen molar-refractivity contribution in [2.75, 3.05) is 4.90 Å². The van der Waals surface area contributed by atoms with Gasteiger partial charge in [0, 0.05) is 33.3 Å². The van der Waals surface area contributed by atoms with Crippen molar-refractivity contribution in [3.63, 3.8) is 0 Å². The first-order chi connectivity index (χ1) is 27.0. The van der Waals surface area contributed by atoms with E-state index in [1.165, 1.54) is 77.9 Å². The Balaban J connectivity index is 0.922. The number of anilines is 3. The van der Waals surface area contributed by atoms with Crippen LogP contribution in [0.2, 0.25) is 0 Å². The number of para-hydroxylation sites is 2. The van der Waals surface area contributed by atoms with E-state index < -0.39 is 0 Å². The highest BCUT2D eigenvalue weighted by molar-refractivity contribution is 6.09. The number of benzene rings is 7. The SMILES string of the molecule is CC1(C)C2=C(c3ccccc31)C(C)(C)c1cc(-c3ccc4c(c3)C(C)(C)c3cc(C=Cc5ccc(N(c6ccccc6)c6ccccc6)cc5)ccc3-4)ccc12. The van der Waals surface area contributed by atoms with Crippen LogP contribution in [0.4, 0.5) is 17.1 Å².